The maximum Gasteiger partial charge on any atom is 0.226 e. The number of hydrogen-bond donors (Lipinski definition) is 2. The van der Waals surface area contributed by atoms with Crippen LogP contribution in [0.1, 0.15) is 12.1 Å². The zero-order valence-electron chi connectivity index (χ0n) is 12.1. The van der Waals surface area contributed by atoms with Crippen molar-refractivity contribution in [1.82, 2.24) is 10.3 Å². The Bertz CT molecular complexity index is 570. The van der Waals surface area contributed by atoms with Crippen LogP contribution in [0.15, 0.2) is 35.7 Å². The molecule has 0 spiro atoms. The van der Waals surface area contributed by atoms with Gasteiger partial charge in [0.25, 0.3) is 0 Å². The summed E-state index contributed by atoms with van der Waals surface area (Å²) >= 11 is 1.36. The van der Waals surface area contributed by atoms with Gasteiger partial charge in [0, 0.05) is 31.2 Å². The van der Waals surface area contributed by atoms with Crippen LogP contribution in [0.4, 0.5) is 10.8 Å². The molecule has 2 aromatic rings. The van der Waals surface area contributed by atoms with Crippen molar-refractivity contribution >= 4 is 28.1 Å². The van der Waals surface area contributed by atoms with Crippen LogP contribution in [0, 0.1) is 0 Å². The highest BCUT2D eigenvalue weighted by molar-refractivity contribution is 7.13. The summed E-state index contributed by atoms with van der Waals surface area (Å²) in [6.45, 7) is 1.56. The molecule has 0 atom stereocenters. The summed E-state index contributed by atoms with van der Waals surface area (Å²) in [5.41, 5.74) is 7.45. The molecular formula is C15H20N4OS. The number of amides is 1. The Morgan fingerprint density at radius 3 is 2.81 bits per heavy atom. The van der Waals surface area contributed by atoms with Gasteiger partial charge in [0.2, 0.25) is 5.91 Å². The van der Waals surface area contributed by atoms with Crippen LogP contribution in [-0.4, -0.2) is 31.0 Å². The molecule has 5 nitrogen and oxygen atoms in total. The summed E-state index contributed by atoms with van der Waals surface area (Å²) < 4.78 is 0. The van der Waals surface area contributed by atoms with E-state index in [1.807, 2.05) is 23.6 Å². The summed E-state index contributed by atoms with van der Waals surface area (Å²) in [4.78, 5) is 18.0. The number of nitrogens with one attached hydrogen (secondary N) is 1. The van der Waals surface area contributed by atoms with Gasteiger partial charge < -0.3 is 16.0 Å². The van der Waals surface area contributed by atoms with Gasteiger partial charge in [-0.15, -0.1) is 11.3 Å². The van der Waals surface area contributed by atoms with E-state index in [1.54, 1.807) is 0 Å². The number of nitrogens with zero attached hydrogens (tertiary/aromatic N) is 2. The molecular weight excluding hydrogens is 284 g/mol. The molecule has 1 amide bonds. The van der Waals surface area contributed by atoms with E-state index in [-0.39, 0.29) is 5.91 Å². The van der Waals surface area contributed by atoms with Crippen molar-refractivity contribution in [3.63, 3.8) is 0 Å². The Labute approximate surface area is 128 Å². The first-order chi connectivity index (χ1) is 10.1. The van der Waals surface area contributed by atoms with Gasteiger partial charge >= 0.3 is 0 Å². The topological polar surface area (TPSA) is 71.2 Å². The van der Waals surface area contributed by atoms with Gasteiger partial charge in [-0.2, -0.15) is 0 Å². The van der Waals surface area contributed by atoms with E-state index in [9.17, 15) is 4.79 Å². The van der Waals surface area contributed by atoms with Crippen molar-refractivity contribution in [2.24, 2.45) is 0 Å². The average Bonchev–Trinajstić information content (AvgIpc) is 2.89. The molecule has 0 unspecified atom stereocenters. The number of nitrogens with two attached hydrogens (primary N) is 1. The highest BCUT2D eigenvalue weighted by atomic mass is 32.1. The largest absolute Gasteiger partial charge is 0.375 e. The average molecular weight is 304 g/mol. The second-order valence-electron chi connectivity index (χ2n) is 4.81. The molecule has 1 aromatic carbocycles. The second kappa shape index (κ2) is 7.64. The van der Waals surface area contributed by atoms with Gasteiger partial charge in [-0.05, 0) is 18.6 Å². The molecule has 6 heteroatoms. The van der Waals surface area contributed by atoms with Gasteiger partial charge in [0.05, 0.1) is 12.1 Å². The van der Waals surface area contributed by atoms with E-state index in [0.29, 0.717) is 18.1 Å². The number of carbonyl (C=O) groups is 1. The lowest BCUT2D eigenvalue weighted by Gasteiger charge is -2.19. The molecule has 2 rings (SSSR count). The van der Waals surface area contributed by atoms with E-state index in [2.05, 4.69) is 34.4 Å². The maximum atomic E-state index is 11.7. The fourth-order valence-electron chi connectivity index (χ4n) is 1.99. The summed E-state index contributed by atoms with van der Waals surface area (Å²) in [5.74, 6) is -0.0114. The molecule has 0 aliphatic rings. The maximum absolute atomic E-state index is 11.7. The van der Waals surface area contributed by atoms with Gasteiger partial charge in [0.1, 0.15) is 0 Å². The Kier molecular flexibility index (Phi) is 5.57. The van der Waals surface area contributed by atoms with Crippen molar-refractivity contribution in [2.75, 3.05) is 30.8 Å². The number of thiazole rings is 1. The molecule has 0 saturated heterocycles. The van der Waals surface area contributed by atoms with Gasteiger partial charge in [-0.25, -0.2) is 4.98 Å². The standard InChI is InChI=1S/C15H20N4OS/c1-19(13-6-3-2-4-7-13)9-5-8-17-14(20)10-12-11-21-15(16)18-12/h2-4,6-7,11H,5,8-10H2,1H3,(H2,16,18)(H,17,20). The highest BCUT2D eigenvalue weighted by Gasteiger charge is 2.06. The number of anilines is 2. The van der Waals surface area contributed by atoms with Crippen LogP contribution in [-0.2, 0) is 11.2 Å². The zero-order valence-corrected chi connectivity index (χ0v) is 12.9. The van der Waals surface area contributed by atoms with Gasteiger partial charge in [-0.3, -0.25) is 4.79 Å². The van der Waals surface area contributed by atoms with Crippen molar-refractivity contribution in [3.8, 4) is 0 Å². The van der Waals surface area contributed by atoms with Gasteiger partial charge in [-0.1, -0.05) is 18.2 Å². The lowest BCUT2D eigenvalue weighted by Crippen LogP contribution is -2.29. The molecule has 0 bridgehead atoms. The Balaban J connectivity index is 1.64. The number of aromatic nitrogens is 1. The Morgan fingerprint density at radius 1 is 1.38 bits per heavy atom. The van der Waals surface area contributed by atoms with E-state index >= 15 is 0 Å². The summed E-state index contributed by atoms with van der Waals surface area (Å²) in [6, 6.07) is 10.2. The lowest BCUT2D eigenvalue weighted by molar-refractivity contribution is -0.120. The lowest BCUT2D eigenvalue weighted by atomic mass is 10.3. The van der Waals surface area contributed by atoms with Gasteiger partial charge in [0.15, 0.2) is 5.13 Å². The van der Waals surface area contributed by atoms with Crippen molar-refractivity contribution in [3.05, 3.63) is 41.4 Å². The molecule has 0 fully saturated rings. The molecule has 112 valence electrons. The predicted molar refractivity (Wildman–Crippen MR) is 87.6 cm³/mol. The number of para-hydroxylation sites is 1. The fraction of sp³-hybridized carbons (Fsp3) is 0.333. The Hall–Kier alpha value is -2.08. The number of nitrogen functional groups attached to an aromatic ring is 1. The minimum absolute atomic E-state index is 0.0114. The van der Waals surface area contributed by atoms with Crippen LogP contribution in [0.5, 0.6) is 0 Å². The van der Waals surface area contributed by atoms with Crippen LogP contribution >= 0.6 is 11.3 Å². The molecule has 3 N–H and O–H groups in total. The van der Waals surface area contributed by atoms with Crippen LogP contribution < -0.4 is 16.0 Å². The molecule has 0 aliphatic heterocycles. The number of hydrogen-bond acceptors (Lipinski definition) is 5. The van der Waals surface area contributed by atoms with Crippen molar-refractivity contribution < 1.29 is 4.79 Å². The zero-order chi connectivity index (χ0) is 15.1. The monoisotopic (exact) mass is 304 g/mol. The van der Waals surface area contributed by atoms with E-state index in [0.717, 1.165) is 18.7 Å². The summed E-state index contributed by atoms with van der Waals surface area (Å²) in [7, 11) is 2.05. The fourth-order valence-corrected chi connectivity index (χ4v) is 2.55. The predicted octanol–water partition coefficient (Wildman–Crippen LogP) is 1.91. The first kappa shape index (κ1) is 15.3. The SMILES string of the molecule is CN(CCCNC(=O)Cc1csc(N)n1)c1ccccc1. The summed E-state index contributed by atoms with van der Waals surface area (Å²) in [6.07, 6.45) is 1.19. The highest BCUT2D eigenvalue weighted by Crippen LogP contribution is 2.12. The van der Waals surface area contributed by atoms with E-state index in [4.69, 9.17) is 5.73 Å². The molecule has 1 aromatic heterocycles. The third kappa shape index (κ3) is 5.07. The number of carbonyl (C=O) groups excluding carboxylic acids is 1. The van der Waals surface area contributed by atoms with Crippen molar-refractivity contribution in [1.29, 1.82) is 0 Å². The molecule has 21 heavy (non-hydrogen) atoms. The number of benzene rings is 1. The molecule has 0 aliphatic carbocycles. The van der Waals surface area contributed by atoms with Crippen molar-refractivity contribution in [2.45, 2.75) is 12.8 Å². The second-order valence-corrected chi connectivity index (χ2v) is 5.70. The minimum Gasteiger partial charge on any atom is -0.375 e. The minimum atomic E-state index is -0.0114. The third-order valence-corrected chi connectivity index (χ3v) is 3.82. The van der Waals surface area contributed by atoms with Crippen LogP contribution in [0.2, 0.25) is 0 Å². The Morgan fingerprint density at radius 2 is 2.14 bits per heavy atom. The molecule has 0 saturated carbocycles. The van der Waals surface area contributed by atoms with Crippen LogP contribution in [0.3, 0.4) is 0 Å². The smallest absolute Gasteiger partial charge is 0.226 e. The third-order valence-electron chi connectivity index (χ3n) is 3.10. The molecule has 0 radical (unpaired) electrons. The first-order valence-electron chi connectivity index (χ1n) is 6.88. The van der Waals surface area contributed by atoms with Crippen LogP contribution in [0.25, 0.3) is 0 Å². The quantitative estimate of drug-likeness (QED) is 0.767. The summed E-state index contributed by atoms with van der Waals surface area (Å²) in [5, 5.41) is 5.23. The number of rotatable bonds is 7. The van der Waals surface area contributed by atoms with E-state index in [1.165, 1.54) is 17.0 Å². The molecule has 1 heterocycles. The van der Waals surface area contributed by atoms with E-state index < -0.39 is 0 Å². The first-order valence-corrected chi connectivity index (χ1v) is 7.76. The normalized spacial score (nSPS) is 10.3.